The summed E-state index contributed by atoms with van der Waals surface area (Å²) in [6.45, 7) is 4.77. The van der Waals surface area contributed by atoms with Crippen LogP contribution in [0, 0.1) is 0 Å². The van der Waals surface area contributed by atoms with Gasteiger partial charge in [0, 0.05) is 26.3 Å². The van der Waals surface area contributed by atoms with Crippen LogP contribution in [0.25, 0.3) is 0 Å². The molecule has 0 atom stereocenters. The largest absolute Gasteiger partial charge is 0.358 e. The Labute approximate surface area is 98.1 Å². The Morgan fingerprint density at radius 3 is 2.75 bits per heavy atom. The number of hydrogen-bond acceptors (Lipinski definition) is 3. The zero-order valence-electron chi connectivity index (χ0n) is 10.1. The average Bonchev–Trinajstić information content (AvgIpc) is 2.38. The third-order valence-corrected chi connectivity index (χ3v) is 3.24. The van der Waals surface area contributed by atoms with Gasteiger partial charge in [-0.1, -0.05) is 12.5 Å². The third-order valence-electron chi connectivity index (χ3n) is 3.24. The van der Waals surface area contributed by atoms with Crippen LogP contribution in [0.1, 0.15) is 19.3 Å². The van der Waals surface area contributed by atoms with Crippen LogP contribution in [0.4, 0.5) is 5.82 Å². The number of anilines is 1. The molecule has 88 valence electrons. The quantitative estimate of drug-likeness (QED) is 0.772. The van der Waals surface area contributed by atoms with Crippen LogP contribution in [0.2, 0.25) is 0 Å². The summed E-state index contributed by atoms with van der Waals surface area (Å²) in [4.78, 5) is 9.14. The van der Waals surface area contributed by atoms with Gasteiger partial charge in [0.15, 0.2) is 0 Å². The van der Waals surface area contributed by atoms with Crippen molar-refractivity contribution in [3.05, 3.63) is 24.4 Å². The van der Waals surface area contributed by atoms with E-state index in [2.05, 4.69) is 27.9 Å². The molecule has 0 spiro atoms. The molecule has 0 unspecified atom stereocenters. The lowest BCUT2D eigenvalue weighted by atomic mass is 10.1. The molecule has 0 N–H and O–H groups in total. The SMILES string of the molecule is CN(CCN1CCCCC1)c1ccccn1. The fourth-order valence-corrected chi connectivity index (χ4v) is 2.17. The predicted octanol–water partition coefficient (Wildman–Crippen LogP) is 2.00. The highest BCUT2D eigenvalue weighted by molar-refractivity contribution is 5.36. The molecular weight excluding hydrogens is 198 g/mol. The molecule has 0 aliphatic carbocycles. The molecule has 1 fully saturated rings. The second kappa shape index (κ2) is 5.85. The molecule has 1 saturated heterocycles. The van der Waals surface area contributed by atoms with E-state index in [1.165, 1.54) is 32.4 Å². The standard InChI is InChI=1S/C13H21N3/c1-15(13-7-3-4-8-14-13)11-12-16-9-5-2-6-10-16/h3-4,7-8H,2,5-6,9-12H2,1H3. The molecule has 0 radical (unpaired) electrons. The number of nitrogens with zero attached hydrogens (tertiary/aromatic N) is 3. The molecule has 2 rings (SSSR count). The van der Waals surface area contributed by atoms with Crippen LogP contribution in [0.3, 0.4) is 0 Å². The van der Waals surface area contributed by atoms with Gasteiger partial charge < -0.3 is 9.80 Å². The van der Waals surface area contributed by atoms with Gasteiger partial charge in [-0.15, -0.1) is 0 Å². The Balaban J connectivity index is 1.77. The van der Waals surface area contributed by atoms with Crippen molar-refractivity contribution in [3.63, 3.8) is 0 Å². The molecule has 3 heteroatoms. The zero-order valence-corrected chi connectivity index (χ0v) is 10.1. The van der Waals surface area contributed by atoms with E-state index >= 15 is 0 Å². The van der Waals surface area contributed by atoms with Gasteiger partial charge in [-0.05, 0) is 38.1 Å². The fraction of sp³-hybridized carbons (Fsp3) is 0.615. The van der Waals surface area contributed by atoms with Gasteiger partial charge in [-0.25, -0.2) is 4.98 Å². The Morgan fingerprint density at radius 2 is 2.06 bits per heavy atom. The number of likely N-dealkylation sites (tertiary alicyclic amines) is 1. The molecule has 0 saturated carbocycles. The minimum absolute atomic E-state index is 1.07. The van der Waals surface area contributed by atoms with Gasteiger partial charge in [-0.2, -0.15) is 0 Å². The molecule has 2 heterocycles. The molecule has 0 bridgehead atoms. The van der Waals surface area contributed by atoms with Crippen molar-refractivity contribution in [2.75, 3.05) is 38.1 Å². The normalized spacial score (nSPS) is 17.3. The van der Waals surface area contributed by atoms with E-state index in [4.69, 9.17) is 0 Å². The molecule has 0 aromatic carbocycles. The second-order valence-electron chi connectivity index (χ2n) is 4.51. The highest BCUT2D eigenvalue weighted by atomic mass is 15.2. The van der Waals surface area contributed by atoms with Gasteiger partial charge in [0.05, 0.1) is 0 Å². The lowest BCUT2D eigenvalue weighted by Gasteiger charge is -2.28. The van der Waals surface area contributed by atoms with Gasteiger partial charge in [0.1, 0.15) is 5.82 Å². The Kier molecular flexibility index (Phi) is 4.17. The van der Waals surface area contributed by atoms with Crippen LogP contribution in [0.15, 0.2) is 24.4 Å². The summed E-state index contributed by atoms with van der Waals surface area (Å²) in [6.07, 6.45) is 6.00. The summed E-state index contributed by atoms with van der Waals surface area (Å²) in [6, 6.07) is 6.07. The van der Waals surface area contributed by atoms with Crippen LogP contribution < -0.4 is 4.90 Å². The van der Waals surface area contributed by atoms with E-state index in [9.17, 15) is 0 Å². The average molecular weight is 219 g/mol. The lowest BCUT2D eigenvalue weighted by Crippen LogP contribution is -2.36. The van der Waals surface area contributed by atoms with Crippen molar-refractivity contribution in [3.8, 4) is 0 Å². The first-order valence-corrected chi connectivity index (χ1v) is 6.21. The van der Waals surface area contributed by atoms with Gasteiger partial charge in [0.2, 0.25) is 0 Å². The molecule has 1 aromatic rings. The van der Waals surface area contributed by atoms with Crippen LogP contribution in [-0.2, 0) is 0 Å². The summed E-state index contributed by atoms with van der Waals surface area (Å²) in [5.74, 6) is 1.07. The maximum absolute atomic E-state index is 4.35. The van der Waals surface area contributed by atoms with Gasteiger partial charge in [0.25, 0.3) is 0 Å². The Morgan fingerprint density at radius 1 is 1.25 bits per heavy atom. The van der Waals surface area contributed by atoms with E-state index in [1.54, 1.807) is 0 Å². The molecule has 1 aliphatic rings. The predicted molar refractivity (Wildman–Crippen MR) is 67.8 cm³/mol. The summed E-state index contributed by atoms with van der Waals surface area (Å²) in [7, 11) is 2.12. The molecule has 3 nitrogen and oxygen atoms in total. The highest BCUT2D eigenvalue weighted by Crippen LogP contribution is 2.10. The summed E-state index contributed by atoms with van der Waals surface area (Å²) < 4.78 is 0. The fourth-order valence-electron chi connectivity index (χ4n) is 2.17. The molecule has 16 heavy (non-hydrogen) atoms. The maximum atomic E-state index is 4.35. The van der Waals surface area contributed by atoms with Crippen LogP contribution in [-0.4, -0.2) is 43.1 Å². The first-order chi connectivity index (χ1) is 7.86. The van der Waals surface area contributed by atoms with Crippen molar-refractivity contribution < 1.29 is 0 Å². The van der Waals surface area contributed by atoms with E-state index in [1.807, 2.05) is 18.3 Å². The van der Waals surface area contributed by atoms with Crippen molar-refractivity contribution in [1.29, 1.82) is 0 Å². The van der Waals surface area contributed by atoms with Crippen molar-refractivity contribution in [1.82, 2.24) is 9.88 Å². The van der Waals surface area contributed by atoms with E-state index in [-0.39, 0.29) is 0 Å². The molecule has 1 aromatic heterocycles. The van der Waals surface area contributed by atoms with E-state index in [0.29, 0.717) is 0 Å². The molecule has 1 aliphatic heterocycles. The Bertz CT molecular complexity index is 293. The topological polar surface area (TPSA) is 19.4 Å². The maximum Gasteiger partial charge on any atom is 0.128 e. The number of piperidine rings is 1. The van der Waals surface area contributed by atoms with Crippen molar-refractivity contribution in [2.24, 2.45) is 0 Å². The third kappa shape index (κ3) is 3.20. The highest BCUT2D eigenvalue weighted by Gasteiger charge is 2.10. The Hall–Kier alpha value is -1.09. The van der Waals surface area contributed by atoms with Crippen LogP contribution >= 0.6 is 0 Å². The van der Waals surface area contributed by atoms with Gasteiger partial charge in [-0.3, -0.25) is 0 Å². The minimum atomic E-state index is 1.07. The second-order valence-corrected chi connectivity index (χ2v) is 4.51. The number of aromatic nitrogens is 1. The monoisotopic (exact) mass is 219 g/mol. The number of hydrogen-bond donors (Lipinski definition) is 0. The zero-order chi connectivity index (χ0) is 11.2. The number of likely N-dealkylation sites (N-methyl/N-ethyl adjacent to an activating group) is 1. The summed E-state index contributed by atoms with van der Waals surface area (Å²) >= 11 is 0. The van der Waals surface area contributed by atoms with Crippen LogP contribution in [0.5, 0.6) is 0 Å². The first kappa shape index (κ1) is 11.4. The van der Waals surface area contributed by atoms with E-state index < -0.39 is 0 Å². The van der Waals surface area contributed by atoms with E-state index in [0.717, 1.165) is 18.9 Å². The van der Waals surface area contributed by atoms with Gasteiger partial charge >= 0.3 is 0 Å². The summed E-state index contributed by atoms with van der Waals surface area (Å²) in [5.41, 5.74) is 0. The van der Waals surface area contributed by atoms with Crippen molar-refractivity contribution >= 4 is 5.82 Å². The summed E-state index contributed by atoms with van der Waals surface area (Å²) in [5, 5.41) is 0. The number of pyridine rings is 1. The number of rotatable bonds is 4. The van der Waals surface area contributed by atoms with Crippen molar-refractivity contribution in [2.45, 2.75) is 19.3 Å². The molecular formula is C13H21N3. The molecule has 0 amide bonds. The first-order valence-electron chi connectivity index (χ1n) is 6.21. The lowest BCUT2D eigenvalue weighted by molar-refractivity contribution is 0.234. The minimum Gasteiger partial charge on any atom is -0.358 e. The smallest absolute Gasteiger partial charge is 0.128 e.